The maximum atomic E-state index is 6.61. The molecule has 1 aliphatic carbocycles. The number of anilines is 3. The van der Waals surface area contributed by atoms with Crippen LogP contribution in [0.15, 0.2) is 138 Å². The molecule has 2 aromatic heterocycles. The summed E-state index contributed by atoms with van der Waals surface area (Å²) in [7, 11) is 0. The third-order valence-corrected chi connectivity index (χ3v) is 11.5. The fourth-order valence-electron chi connectivity index (χ4n) is 8.19. The van der Waals surface area contributed by atoms with Crippen LogP contribution in [0.2, 0.25) is 0 Å². The molecule has 0 radical (unpaired) electrons. The lowest BCUT2D eigenvalue weighted by atomic mass is 9.82. The second-order valence-electron chi connectivity index (χ2n) is 13.4. The highest BCUT2D eigenvalue weighted by molar-refractivity contribution is 7.26. The Morgan fingerprint density at radius 3 is 2.17 bits per heavy atom. The third-order valence-electron chi connectivity index (χ3n) is 10.4. The SMILES string of the molecule is Cc1cccc2oc3c4ccccc4c(N(c4ccc5c(c4)-c4ccccc4C5(C)C)c4cccc5sc6ccccc6c45)cc3c12. The number of fused-ring (bicyclic) bond motifs is 11. The van der Waals surface area contributed by atoms with Crippen molar-refractivity contribution in [1.82, 2.24) is 0 Å². The molecule has 0 aliphatic heterocycles. The smallest absolute Gasteiger partial charge is 0.143 e. The molecule has 0 bridgehead atoms. The standard InChI is InChI=1S/C44H31NOS/c1-26-12-10-19-38-41(26)33-25-37(29-14-4-5-15-30(29)43(33)46-38)45(36-18-11-21-40-42(36)31-16-7-9-20-39(31)47-40)27-22-23-35-32(24-27)28-13-6-8-17-34(28)44(35,2)3/h4-25H,1-3H3. The highest BCUT2D eigenvalue weighted by atomic mass is 32.1. The second kappa shape index (κ2) is 9.57. The molecule has 0 atom stereocenters. The minimum atomic E-state index is -0.0578. The van der Waals surface area contributed by atoms with E-state index in [9.17, 15) is 0 Å². The molecule has 10 rings (SSSR count). The van der Waals surface area contributed by atoms with Crippen LogP contribution in [0.4, 0.5) is 17.1 Å². The van der Waals surface area contributed by atoms with Crippen LogP contribution >= 0.6 is 11.3 Å². The summed E-state index contributed by atoms with van der Waals surface area (Å²) in [4.78, 5) is 2.51. The first kappa shape index (κ1) is 26.8. The van der Waals surface area contributed by atoms with Crippen molar-refractivity contribution in [3.63, 3.8) is 0 Å². The van der Waals surface area contributed by atoms with Gasteiger partial charge in [0.2, 0.25) is 0 Å². The van der Waals surface area contributed by atoms with Crippen molar-refractivity contribution in [3.8, 4) is 11.1 Å². The van der Waals surface area contributed by atoms with Gasteiger partial charge in [-0.25, -0.2) is 0 Å². The van der Waals surface area contributed by atoms with Gasteiger partial charge >= 0.3 is 0 Å². The third kappa shape index (κ3) is 3.66. The summed E-state index contributed by atoms with van der Waals surface area (Å²) in [5, 5.41) is 7.18. The Balaban J connectivity index is 1.35. The van der Waals surface area contributed by atoms with Crippen LogP contribution < -0.4 is 4.90 Å². The number of rotatable bonds is 3. The van der Waals surface area contributed by atoms with E-state index in [-0.39, 0.29) is 5.41 Å². The van der Waals surface area contributed by atoms with Crippen LogP contribution in [0.3, 0.4) is 0 Å². The lowest BCUT2D eigenvalue weighted by Gasteiger charge is -2.29. The summed E-state index contributed by atoms with van der Waals surface area (Å²) in [5.74, 6) is 0. The number of hydrogen-bond donors (Lipinski definition) is 0. The highest BCUT2D eigenvalue weighted by Gasteiger charge is 2.36. The molecule has 0 saturated carbocycles. The largest absolute Gasteiger partial charge is 0.455 e. The number of benzene rings is 7. The van der Waals surface area contributed by atoms with Crippen LogP contribution in [0, 0.1) is 6.92 Å². The van der Waals surface area contributed by atoms with E-state index in [0.29, 0.717) is 0 Å². The number of furan rings is 1. The zero-order valence-electron chi connectivity index (χ0n) is 26.5. The van der Waals surface area contributed by atoms with E-state index in [1.54, 1.807) is 0 Å². The first-order valence-corrected chi connectivity index (χ1v) is 17.1. The molecule has 3 heteroatoms. The van der Waals surface area contributed by atoms with Gasteiger partial charge in [-0.3, -0.25) is 0 Å². The second-order valence-corrected chi connectivity index (χ2v) is 14.4. The van der Waals surface area contributed by atoms with Crippen molar-refractivity contribution in [3.05, 3.63) is 150 Å². The lowest BCUT2D eigenvalue weighted by Crippen LogP contribution is -2.15. The van der Waals surface area contributed by atoms with Gasteiger partial charge in [0, 0.05) is 52.8 Å². The Hall–Kier alpha value is -5.38. The molecule has 224 valence electrons. The molecule has 47 heavy (non-hydrogen) atoms. The van der Waals surface area contributed by atoms with Gasteiger partial charge in [-0.2, -0.15) is 0 Å². The maximum Gasteiger partial charge on any atom is 0.143 e. The Morgan fingerprint density at radius 2 is 1.28 bits per heavy atom. The molecule has 2 heterocycles. The van der Waals surface area contributed by atoms with E-state index in [2.05, 4.69) is 159 Å². The fourth-order valence-corrected chi connectivity index (χ4v) is 9.32. The van der Waals surface area contributed by atoms with Crippen molar-refractivity contribution in [2.75, 3.05) is 4.90 Å². The van der Waals surface area contributed by atoms with Crippen LogP contribution in [-0.4, -0.2) is 0 Å². The van der Waals surface area contributed by atoms with Crippen LogP contribution in [0.25, 0.3) is 64.0 Å². The summed E-state index contributed by atoms with van der Waals surface area (Å²) in [5.41, 5.74) is 11.9. The van der Waals surface area contributed by atoms with Gasteiger partial charge < -0.3 is 9.32 Å². The van der Waals surface area contributed by atoms with E-state index < -0.39 is 0 Å². The van der Waals surface area contributed by atoms with Crippen LogP contribution in [-0.2, 0) is 5.41 Å². The van der Waals surface area contributed by atoms with Gasteiger partial charge in [0.25, 0.3) is 0 Å². The molecule has 9 aromatic rings. The molecular weight excluding hydrogens is 591 g/mol. The van der Waals surface area contributed by atoms with E-state index >= 15 is 0 Å². The van der Waals surface area contributed by atoms with Crippen molar-refractivity contribution in [2.24, 2.45) is 0 Å². The normalized spacial score (nSPS) is 13.6. The quantitative estimate of drug-likeness (QED) is 0.195. The topological polar surface area (TPSA) is 16.4 Å². The molecule has 0 N–H and O–H groups in total. The van der Waals surface area contributed by atoms with Crippen molar-refractivity contribution < 1.29 is 4.42 Å². The molecule has 0 fully saturated rings. The Labute approximate surface area is 277 Å². The first-order valence-electron chi connectivity index (χ1n) is 16.3. The minimum absolute atomic E-state index is 0.0578. The van der Waals surface area contributed by atoms with E-state index in [1.165, 1.54) is 59.1 Å². The summed E-state index contributed by atoms with van der Waals surface area (Å²) < 4.78 is 9.20. The molecule has 0 amide bonds. The number of nitrogens with zero attached hydrogens (tertiary/aromatic N) is 1. The predicted octanol–water partition coefficient (Wildman–Crippen LogP) is 13.2. The molecule has 2 nitrogen and oxygen atoms in total. The first-order chi connectivity index (χ1) is 23.0. The molecule has 0 saturated heterocycles. The molecule has 7 aromatic carbocycles. The number of hydrogen-bond acceptors (Lipinski definition) is 3. The zero-order valence-corrected chi connectivity index (χ0v) is 27.3. The maximum absolute atomic E-state index is 6.61. The highest BCUT2D eigenvalue weighted by Crippen LogP contribution is 2.53. The van der Waals surface area contributed by atoms with Gasteiger partial charge in [0.15, 0.2) is 0 Å². The monoisotopic (exact) mass is 621 g/mol. The zero-order chi connectivity index (χ0) is 31.4. The molecule has 0 spiro atoms. The van der Waals surface area contributed by atoms with E-state index in [4.69, 9.17) is 4.42 Å². The summed E-state index contributed by atoms with van der Waals surface area (Å²) >= 11 is 1.86. The van der Waals surface area contributed by atoms with Crippen molar-refractivity contribution in [2.45, 2.75) is 26.2 Å². The summed E-state index contributed by atoms with van der Waals surface area (Å²) in [6.45, 7) is 6.88. The van der Waals surface area contributed by atoms with Gasteiger partial charge in [-0.05, 0) is 77.2 Å². The Bertz CT molecular complexity index is 2740. The van der Waals surface area contributed by atoms with Crippen molar-refractivity contribution in [1.29, 1.82) is 0 Å². The predicted molar refractivity (Wildman–Crippen MR) is 201 cm³/mol. The average molecular weight is 622 g/mol. The van der Waals surface area contributed by atoms with Crippen molar-refractivity contribution >= 4 is 81.3 Å². The van der Waals surface area contributed by atoms with E-state index in [0.717, 1.165) is 38.7 Å². The summed E-state index contributed by atoms with van der Waals surface area (Å²) in [6.07, 6.45) is 0. The molecule has 0 unspecified atom stereocenters. The van der Waals surface area contributed by atoms with Crippen LogP contribution in [0.5, 0.6) is 0 Å². The lowest BCUT2D eigenvalue weighted by molar-refractivity contribution is 0.660. The van der Waals surface area contributed by atoms with Gasteiger partial charge in [-0.1, -0.05) is 105 Å². The molecule has 1 aliphatic rings. The number of thiophene rings is 1. The number of aryl methyl sites for hydroxylation is 1. The average Bonchev–Trinajstić information content (AvgIpc) is 3.74. The fraction of sp³-hybridized carbons (Fsp3) is 0.0909. The van der Waals surface area contributed by atoms with Gasteiger partial charge in [-0.15, -0.1) is 11.3 Å². The van der Waals surface area contributed by atoms with Gasteiger partial charge in [0.1, 0.15) is 11.2 Å². The minimum Gasteiger partial charge on any atom is -0.455 e. The Morgan fingerprint density at radius 1 is 0.553 bits per heavy atom. The summed E-state index contributed by atoms with van der Waals surface area (Å²) in [6, 6.07) is 49.1. The Kier molecular flexibility index (Phi) is 5.46. The van der Waals surface area contributed by atoms with E-state index in [1.807, 2.05) is 11.3 Å². The van der Waals surface area contributed by atoms with Gasteiger partial charge in [0.05, 0.1) is 11.4 Å². The molecular formula is C44H31NOS. The van der Waals surface area contributed by atoms with Crippen LogP contribution in [0.1, 0.15) is 30.5 Å².